The summed E-state index contributed by atoms with van der Waals surface area (Å²) < 4.78 is 51.6. The Kier molecular flexibility index (Phi) is 9.05. The Labute approximate surface area is 314 Å². The van der Waals surface area contributed by atoms with Gasteiger partial charge < -0.3 is 19.3 Å². The van der Waals surface area contributed by atoms with Crippen LogP contribution in [0.25, 0.3) is 10.9 Å². The summed E-state index contributed by atoms with van der Waals surface area (Å²) in [6.45, 7) is 3.39. The Balaban J connectivity index is 1.03. The number of carbonyl (C=O) groups excluding carboxylic acids is 1. The predicted molar refractivity (Wildman–Crippen MR) is 203 cm³/mol. The van der Waals surface area contributed by atoms with Gasteiger partial charge in [-0.3, -0.25) is 19.4 Å². The summed E-state index contributed by atoms with van der Waals surface area (Å²) in [7, 11) is -2.55. The first-order valence-electron chi connectivity index (χ1n) is 17.5. The van der Waals surface area contributed by atoms with E-state index in [1.807, 2.05) is 36.1 Å². The van der Waals surface area contributed by atoms with Crippen molar-refractivity contribution in [3.8, 4) is 5.75 Å². The summed E-state index contributed by atoms with van der Waals surface area (Å²) in [4.78, 5) is 57.1. The van der Waals surface area contributed by atoms with Gasteiger partial charge in [0.25, 0.3) is 15.9 Å². The van der Waals surface area contributed by atoms with Crippen LogP contribution in [0.3, 0.4) is 0 Å². The van der Waals surface area contributed by atoms with Crippen LogP contribution in [0, 0.1) is 5.82 Å². The minimum Gasteiger partial charge on any atom is -0.492 e. The molecule has 2 N–H and O–H groups in total. The second-order valence-corrected chi connectivity index (χ2v) is 15.3. The monoisotopic (exact) mass is 766 g/mol. The largest absolute Gasteiger partial charge is 0.492 e. The van der Waals surface area contributed by atoms with Crippen molar-refractivity contribution >= 4 is 61.5 Å². The highest BCUT2D eigenvalue weighted by Crippen LogP contribution is 2.44. The number of nitrogens with zero attached hydrogens (tertiary/aromatic N) is 7. The first-order chi connectivity index (χ1) is 26.4. The number of benzene rings is 3. The molecule has 5 aromatic rings. The summed E-state index contributed by atoms with van der Waals surface area (Å²) >= 11 is 0. The quantitative estimate of drug-likeness (QED) is 0.206. The molecule has 2 fully saturated rings. The van der Waals surface area contributed by atoms with E-state index in [2.05, 4.69) is 24.6 Å². The highest BCUT2D eigenvalue weighted by molar-refractivity contribution is 7.92. The number of methoxy groups -OCH3 is 1. The number of pyridine rings is 1. The molecule has 4 heterocycles. The van der Waals surface area contributed by atoms with Crippen molar-refractivity contribution in [3.05, 3.63) is 106 Å². The maximum Gasteiger partial charge on any atom is 0.341 e. The first kappa shape index (κ1) is 35.8. The molecule has 0 radical (unpaired) electrons. The number of sulfonamides is 1. The summed E-state index contributed by atoms with van der Waals surface area (Å²) in [5, 5.41) is 9.63. The number of carboxylic acid groups (broad SMARTS) is 1. The molecule has 0 bridgehead atoms. The molecule has 3 aromatic carbocycles. The molecule has 282 valence electrons. The van der Waals surface area contributed by atoms with E-state index in [4.69, 9.17) is 4.74 Å². The van der Waals surface area contributed by atoms with Gasteiger partial charge in [-0.2, -0.15) is 0 Å². The lowest BCUT2D eigenvalue weighted by molar-refractivity contribution is -0.112. The van der Waals surface area contributed by atoms with Gasteiger partial charge in [0.1, 0.15) is 17.0 Å². The lowest BCUT2D eigenvalue weighted by Crippen LogP contribution is -2.55. The van der Waals surface area contributed by atoms with Gasteiger partial charge in [-0.25, -0.2) is 37.3 Å². The second-order valence-electron chi connectivity index (χ2n) is 13.6. The summed E-state index contributed by atoms with van der Waals surface area (Å²) in [6, 6.07) is 15.6. The lowest BCUT2D eigenvalue weighted by Gasteiger charge is -2.42. The number of anilines is 3. The van der Waals surface area contributed by atoms with E-state index in [1.165, 1.54) is 50.0 Å². The number of carboxylic acids is 1. The second kappa shape index (κ2) is 13.9. The van der Waals surface area contributed by atoms with Gasteiger partial charge in [-0.05, 0) is 62.2 Å². The number of halogens is 1. The first-order valence-corrected chi connectivity index (χ1v) is 19.0. The zero-order valence-electron chi connectivity index (χ0n) is 29.7. The maximum atomic E-state index is 16.0. The molecule has 55 heavy (non-hydrogen) atoms. The third-order valence-corrected chi connectivity index (χ3v) is 11.4. The topological polar surface area (TPSA) is 180 Å². The van der Waals surface area contributed by atoms with Crippen molar-refractivity contribution in [2.24, 2.45) is 4.99 Å². The standard InChI is InChI=1S/C38H35FN8O7S/c1-22-19-44(33-29(39)18-27-32(35(33)54-2)46(24-10-11-24)20-28(34(27)48)37(50)51)16-17-45(22)21-47-30-7-4-3-6-26(30)31(36(47)49)42-23-8-12-25(13-9-23)55(52,53)43-38-40-14-5-15-41-38/h3-9,12-15,18,20,22,24H,10-11,16-17,19,21H2,1-2H3,(H,50,51)(H,40,41,43). The Bertz CT molecular complexity index is 2560. The Morgan fingerprint density at radius 1 is 1.05 bits per heavy atom. The van der Waals surface area contributed by atoms with Crippen molar-refractivity contribution < 1.29 is 32.2 Å². The molecule has 1 saturated carbocycles. The number of fused-ring (bicyclic) bond motifs is 2. The molecule has 1 atom stereocenters. The van der Waals surface area contributed by atoms with E-state index < -0.39 is 32.8 Å². The van der Waals surface area contributed by atoms with E-state index in [0.29, 0.717) is 42.1 Å². The van der Waals surface area contributed by atoms with Gasteiger partial charge in [0.15, 0.2) is 11.6 Å². The van der Waals surface area contributed by atoms with Crippen LogP contribution < -0.4 is 24.7 Å². The predicted octanol–water partition coefficient (Wildman–Crippen LogP) is 4.41. The van der Waals surface area contributed by atoms with Gasteiger partial charge in [-0.1, -0.05) is 18.2 Å². The number of nitrogens with one attached hydrogen (secondary N) is 1. The number of aliphatic imine (C=N–C) groups is 1. The number of para-hydroxylation sites is 1. The summed E-state index contributed by atoms with van der Waals surface area (Å²) in [5.41, 5.74) is 1.28. The molecule has 15 nitrogen and oxygen atoms in total. The molecule has 2 aliphatic heterocycles. The number of aromatic carboxylic acids is 1. The fraction of sp³-hybridized carbons (Fsp3) is 0.263. The highest BCUT2D eigenvalue weighted by atomic mass is 32.2. The molecule has 1 aliphatic carbocycles. The SMILES string of the molecule is COc1c(N2CCN(CN3C(=O)C(=Nc4ccc(S(=O)(=O)Nc5ncccn5)cc4)c4ccccc43)C(C)C2)c(F)cc2c(=O)c(C(=O)O)cn(C3CC3)c12. The van der Waals surface area contributed by atoms with Gasteiger partial charge in [0.05, 0.1) is 41.0 Å². The van der Waals surface area contributed by atoms with Crippen molar-refractivity contribution in [1.29, 1.82) is 0 Å². The molecule has 17 heteroatoms. The van der Waals surface area contributed by atoms with Crippen molar-refractivity contribution in [1.82, 2.24) is 19.4 Å². The minimum absolute atomic E-state index is 0.0215. The van der Waals surface area contributed by atoms with Crippen LogP contribution in [-0.2, 0) is 14.8 Å². The zero-order chi connectivity index (χ0) is 38.6. The molecule has 1 saturated heterocycles. The number of hydrogen-bond acceptors (Lipinski definition) is 11. The number of piperazine rings is 1. The van der Waals surface area contributed by atoms with Crippen LogP contribution in [0.5, 0.6) is 5.75 Å². The maximum absolute atomic E-state index is 16.0. The van der Waals surface area contributed by atoms with Crippen LogP contribution in [-0.4, -0.2) is 90.0 Å². The van der Waals surface area contributed by atoms with E-state index >= 15 is 4.39 Å². The van der Waals surface area contributed by atoms with Crippen LogP contribution in [0.1, 0.15) is 41.7 Å². The molecular weight excluding hydrogens is 732 g/mol. The number of hydrogen-bond donors (Lipinski definition) is 2. The van der Waals surface area contributed by atoms with E-state index in [-0.39, 0.29) is 58.0 Å². The number of aromatic nitrogens is 3. The normalized spacial score (nSPS) is 18.2. The molecular formula is C38H35FN8O7S. The number of amides is 1. The molecule has 3 aliphatic rings. The summed E-state index contributed by atoms with van der Waals surface area (Å²) in [5.74, 6) is -2.27. The van der Waals surface area contributed by atoms with Crippen molar-refractivity contribution in [2.75, 3.05) is 47.9 Å². The van der Waals surface area contributed by atoms with Gasteiger partial charge in [-0.15, -0.1) is 0 Å². The molecule has 8 rings (SSSR count). The third-order valence-electron chi connectivity index (χ3n) is 10.1. The van der Waals surface area contributed by atoms with E-state index in [1.54, 1.807) is 15.5 Å². The number of rotatable bonds is 10. The van der Waals surface area contributed by atoms with Gasteiger partial charge in [0, 0.05) is 55.9 Å². The van der Waals surface area contributed by atoms with Crippen molar-refractivity contribution in [2.45, 2.75) is 36.7 Å². The average Bonchev–Trinajstić information content (AvgIpc) is 3.99. The highest BCUT2D eigenvalue weighted by Gasteiger charge is 2.38. The van der Waals surface area contributed by atoms with Crippen molar-refractivity contribution in [3.63, 3.8) is 0 Å². The number of ether oxygens (including phenoxy) is 1. The van der Waals surface area contributed by atoms with Gasteiger partial charge >= 0.3 is 5.97 Å². The molecule has 0 spiro atoms. The lowest BCUT2D eigenvalue weighted by atomic mass is 10.1. The average molecular weight is 767 g/mol. The summed E-state index contributed by atoms with van der Waals surface area (Å²) in [6.07, 6.45) is 5.77. The van der Waals surface area contributed by atoms with Crippen LogP contribution >= 0.6 is 0 Å². The van der Waals surface area contributed by atoms with E-state index in [9.17, 15) is 27.9 Å². The smallest absolute Gasteiger partial charge is 0.341 e. The Morgan fingerprint density at radius 2 is 1.78 bits per heavy atom. The van der Waals surface area contributed by atoms with Crippen LogP contribution in [0.4, 0.5) is 27.4 Å². The Hall–Kier alpha value is -6.20. The van der Waals surface area contributed by atoms with E-state index in [0.717, 1.165) is 18.9 Å². The van der Waals surface area contributed by atoms with Gasteiger partial charge in [0.2, 0.25) is 11.4 Å². The van der Waals surface area contributed by atoms with Crippen LogP contribution in [0.2, 0.25) is 0 Å². The zero-order valence-corrected chi connectivity index (χ0v) is 30.5. The fourth-order valence-electron chi connectivity index (χ4n) is 7.18. The minimum atomic E-state index is -3.96. The molecule has 1 amide bonds. The fourth-order valence-corrected chi connectivity index (χ4v) is 8.14. The molecule has 1 unspecified atom stereocenters. The molecule has 2 aromatic heterocycles. The third kappa shape index (κ3) is 6.54. The Morgan fingerprint density at radius 3 is 2.45 bits per heavy atom. The van der Waals surface area contributed by atoms with Crippen LogP contribution in [0.15, 0.2) is 93.9 Å². The number of carbonyl (C=O) groups is 2.